The molecular weight excluding hydrogens is 128 g/mol. The average molecular weight is 146 g/mol. The van der Waals surface area contributed by atoms with Gasteiger partial charge in [-0.1, -0.05) is 13.3 Å². The van der Waals surface area contributed by atoms with Crippen molar-refractivity contribution in [2.75, 3.05) is 0 Å². The van der Waals surface area contributed by atoms with Crippen molar-refractivity contribution in [3.05, 3.63) is 0 Å². The van der Waals surface area contributed by atoms with Crippen LogP contribution in [0.4, 0.5) is 0 Å². The zero-order chi connectivity index (χ0) is 8.20. The lowest BCUT2D eigenvalue weighted by Crippen LogP contribution is -2.26. The van der Waals surface area contributed by atoms with E-state index in [1.807, 2.05) is 27.7 Å². The first-order valence-corrected chi connectivity index (χ1v) is 3.81. The standard InChI is InChI=1S/C8H18O2/c1-5-6-7(9)10-8(2,3)4/h7,9H,5-6H2,1-4H3/t7-/m0/s1. The molecule has 0 heterocycles. The quantitative estimate of drug-likeness (QED) is 0.616. The third-order valence-electron chi connectivity index (χ3n) is 1.03. The summed E-state index contributed by atoms with van der Waals surface area (Å²) in [5, 5.41) is 9.16. The monoisotopic (exact) mass is 146 g/mol. The van der Waals surface area contributed by atoms with E-state index in [1.165, 1.54) is 0 Å². The summed E-state index contributed by atoms with van der Waals surface area (Å²) in [6.45, 7) is 7.83. The zero-order valence-corrected chi connectivity index (χ0v) is 7.35. The molecular formula is C8H18O2. The van der Waals surface area contributed by atoms with Crippen LogP contribution in [0.1, 0.15) is 40.5 Å². The lowest BCUT2D eigenvalue weighted by Gasteiger charge is -2.23. The molecule has 0 rings (SSSR count). The first-order valence-electron chi connectivity index (χ1n) is 3.81. The molecule has 0 unspecified atom stereocenters. The van der Waals surface area contributed by atoms with Crippen LogP contribution in [0.15, 0.2) is 0 Å². The predicted molar refractivity (Wildman–Crippen MR) is 41.8 cm³/mol. The number of aliphatic hydroxyl groups excluding tert-OH is 1. The van der Waals surface area contributed by atoms with Crippen molar-refractivity contribution in [3.63, 3.8) is 0 Å². The summed E-state index contributed by atoms with van der Waals surface area (Å²) in [6, 6.07) is 0. The van der Waals surface area contributed by atoms with Gasteiger partial charge in [-0.25, -0.2) is 0 Å². The molecule has 0 aliphatic heterocycles. The molecule has 0 fully saturated rings. The van der Waals surface area contributed by atoms with E-state index in [1.54, 1.807) is 0 Å². The molecule has 0 bridgehead atoms. The van der Waals surface area contributed by atoms with Gasteiger partial charge in [0.05, 0.1) is 5.60 Å². The number of hydrogen-bond donors (Lipinski definition) is 1. The number of rotatable bonds is 3. The minimum absolute atomic E-state index is 0.228. The van der Waals surface area contributed by atoms with E-state index in [-0.39, 0.29) is 5.60 Å². The number of aliphatic hydroxyl groups is 1. The number of hydrogen-bond acceptors (Lipinski definition) is 2. The second kappa shape index (κ2) is 3.94. The van der Waals surface area contributed by atoms with Gasteiger partial charge in [0.25, 0.3) is 0 Å². The van der Waals surface area contributed by atoms with Crippen LogP contribution in [0.2, 0.25) is 0 Å². The van der Waals surface area contributed by atoms with Gasteiger partial charge in [0, 0.05) is 0 Å². The molecule has 0 saturated carbocycles. The summed E-state index contributed by atoms with van der Waals surface area (Å²) < 4.78 is 5.23. The van der Waals surface area contributed by atoms with Crippen molar-refractivity contribution < 1.29 is 9.84 Å². The fourth-order valence-electron chi connectivity index (χ4n) is 0.714. The van der Waals surface area contributed by atoms with Crippen molar-refractivity contribution in [1.82, 2.24) is 0 Å². The highest BCUT2D eigenvalue weighted by atomic mass is 16.6. The molecule has 0 aliphatic carbocycles. The highest BCUT2D eigenvalue weighted by Gasteiger charge is 2.14. The van der Waals surface area contributed by atoms with Crippen LogP contribution in [0.25, 0.3) is 0 Å². The summed E-state index contributed by atoms with van der Waals surface area (Å²) in [5.41, 5.74) is -0.228. The fourth-order valence-corrected chi connectivity index (χ4v) is 0.714. The molecule has 1 N–H and O–H groups in total. The highest BCUT2D eigenvalue weighted by molar-refractivity contribution is 4.59. The van der Waals surface area contributed by atoms with E-state index in [2.05, 4.69) is 0 Å². The van der Waals surface area contributed by atoms with E-state index >= 15 is 0 Å². The Morgan fingerprint density at radius 1 is 1.40 bits per heavy atom. The van der Waals surface area contributed by atoms with E-state index in [4.69, 9.17) is 9.84 Å². The summed E-state index contributed by atoms with van der Waals surface area (Å²) in [5.74, 6) is 0. The Morgan fingerprint density at radius 2 is 1.90 bits per heavy atom. The lowest BCUT2D eigenvalue weighted by atomic mass is 10.2. The smallest absolute Gasteiger partial charge is 0.155 e. The van der Waals surface area contributed by atoms with Crippen molar-refractivity contribution in [3.8, 4) is 0 Å². The summed E-state index contributed by atoms with van der Waals surface area (Å²) in [6.07, 6.45) is 1.08. The van der Waals surface area contributed by atoms with Crippen LogP contribution < -0.4 is 0 Å². The first kappa shape index (κ1) is 9.92. The molecule has 62 valence electrons. The van der Waals surface area contributed by atoms with Crippen LogP contribution in [0.3, 0.4) is 0 Å². The van der Waals surface area contributed by atoms with Gasteiger partial charge in [-0.15, -0.1) is 0 Å². The topological polar surface area (TPSA) is 29.5 Å². The molecule has 2 nitrogen and oxygen atoms in total. The molecule has 0 saturated heterocycles. The summed E-state index contributed by atoms with van der Waals surface area (Å²) in [4.78, 5) is 0. The van der Waals surface area contributed by atoms with Crippen molar-refractivity contribution in [2.45, 2.75) is 52.4 Å². The van der Waals surface area contributed by atoms with E-state index in [0.29, 0.717) is 0 Å². The van der Waals surface area contributed by atoms with Crippen LogP contribution in [0.5, 0.6) is 0 Å². The third kappa shape index (κ3) is 6.05. The van der Waals surface area contributed by atoms with Crippen molar-refractivity contribution in [1.29, 1.82) is 0 Å². The molecule has 0 radical (unpaired) electrons. The third-order valence-corrected chi connectivity index (χ3v) is 1.03. The maximum Gasteiger partial charge on any atom is 0.155 e. The fraction of sp³-hybridized carbons (Fsp3) is 1.00. The van der Waals surface area contributed by atoms with Gasteiger partial charge in [-0.2, -0.15) is 0 Å². The van der Waals surface area contributed by atoms with Crippen LogP contribution >= 0.6 is 0 Å². The molecule has 2 heteroatoms. The van der Waals surface area contributed by atoms with Gasteiger partial charge < -0.3 is 9.84 Å². The maximum atomic E-state index is 9.16. The van der Waals surface area contributed by atoms with Crippen molar-refractivity contribution in [2.24, 2.45) is 0 Å². The first-order chi connectivity index (χ1) is 4.45. The van der Waals surface area contributed by atoms with Gasteiger partial charge in [0.1, 0.15) is 0 Å². The molecule has 0 aliphatic rings. The Hall–Kier alpha value is -0.0800. The van der Waals surface area contributed by atoms with E-state index in [9.17, 15) is 0 Å². The Labute approximate surface area is 63.2 Å². The van der Waals surface area contributed by atoms with Crippen LogP contribution in [-0.4, -0.2) is 17.0 Å². The molecule has 0 amide bonds. The molecule has 0 aromatic carbocycles. The van der Waals surface area contributed by atoms with E-state index in [0.717, 1.165) is 12.8 Å². The van der Waals surface area contributed by atoms with Gasteiger partial charge in [0.2, 0.25) is 0 Å². The largest absolute Gasteiger partial charge is 0.368 e. The molecule has 0 aromatic heterocycles. The van der Waals surface area contributed by atoms with Crippen LogP contribution in [0, 0.1) is 0 Å². The minimum Gasteiger partial charge on any atom is -0.368 e. The Bertz CT molecular complexity index is 83.7. The maximum absolute atomic E-state index is 9.16. The Balaban J connectivity index is 3.47. The molecule has 10 heavy (non-hydrogen) atoms. The molecule has 0 spiro atoms. The predicted octanol–water partition coefficient (Wildman–Crippen LogP) is 1.92. The lowest BCUT2D eigenvalue weighted by molar-refractivity contribution is -0.168. The molecule has 1 atom stereocenters. The summed E-state index contributed by atoms with van der Waals surface area (Å²) >= 11 is 0. The SMILES string of the molecule is CCC[C@@H](O)OC(C)(C)C. The number of ether oxygens (including phenoxy) is 1. The Morgan fingerprint density at radius 3 is 2.20 bits per heavy atom. The Kier molecular flexibility index (Phi) is 3.91. The second-order valence-corrected chi connectivity index (χ2v) is 3.47. The van der Waals surface area contributed by atoms with Crippen molar-refractivity contribution >= 4 is 0 Å². The average Bonchev–Trinajstić information content (AvgIpc) is 1.59. The van der Waals surface area contributed by atoms with Gasteiger partial charge >= 0.3 is 0 Å². The second-order valence-electron chi connectivity index (χ2n) is 3.47. The zero-order valence-electron chi connectivity index (χ0n) is 7.35. The minimum atomic E-state index is -0.593. The van der Waals surface area contributed by atoms with Gasteiger partial charge in [-0.05, 0) is 27.2 Å². The van der Waals surface area contributed by atoms with E-state index < -0.39 is 6.29 Å². The molecule has 0 aromatic rings. The summed E-state index contributed by atoms with van der Waals surface area (Å²) in [7, 11) is 0. The normalized spacial score (nSPS) is 15.3. The van der Waals surface area contributed by atoms with Gasteiger partial charge in [-0.3, -0.25) is 0 Å². The van der Waals surface area contributed by atoms with Gasteiger partial charge in [0.15, 0.2) is 6.29 Å². The highest BCUT2D eigenvalue weighted by Crippen LogP contribution is 2.11. The van der Waals surface area contributed by atoms with Crippen LogP contribution in [-0.2, 0) is 4.74 Å².